The molecule has 1 atom stereocenters. The smallest absolute Gasteiger partial charge is 0.408 e. The molecule has 2 aromatic rings. The third-order valence-electron chi connectivity index (χ3n) is 4.34. The molecule has 1 unspecified atom stereocenters. The third-order valence-corrected chi connectivity index (χ3v) is 4.34. The van der Waals surface area contributed by atoms with E-state index >= 15 is 0 Å². The number of piperidine rings is 1. The fraction of sp³-hybridized carbons (Fsp3) is 0.381. The van der Waals surface area contributed by atoms with Crippen LogP contribution >= 0.6 is 0 Å². The molecule has 7 heteroatoms. The average Bonchev–Trinajstić information content (AvgIpc) is 2.63. The van der Waals surface area contributed by atoms with Gasteiger partial charge in [-0.05, 0) is 51.8 Å². The van der Waals surface area contributed by atoms with E-state index in [0.29, 0.717) is 29.9 Å². The first kappa shape index (κ1) is 19.8. The number of aromatic nitrogens is 1. The Kier molecular flexibility index (Phi) is 5.63. The lowest BCUT2D eigenvalue weighted by Crippen LogP contribution is -2.53. The Balaban J connectivity index is 1.72. The number of amides is 2. The molecule has 6 nitrogen and oxygen atoms in total. The van der Waals surface area contributed by atoms with Gasteiger partial charge >= 0.3 is 6.09 Å². The Morgan fingerprint density at radius 3 is 2.64 bits per heavy atom. The maximum atomic E-state index is 13.9. The number of halogens is 1. The van der Waals surface area contributed by atoms with Gasteiger partial charge in [0.2, 0.25) is 0 Å². The summed E-state index contributed by atoms with van der Waals surface area (Å²) in [6, 6.07) is 9.23. The lowest BCUT2D eigenvalue weighted by atomic mass is 10.0. The van der Waals surface area contributed by atoms with Crippen LogP contribution in [0.2, 0.25) is 0 Å². The standard InChI is InChI=1S/C21H24FN3O3/c1-21(2,3)28-20(27)24-17-9-6-12-25(19(17)26)18-11-10-14(13-23-18)15-7-4-5-8-16(15)22/h4-5,7-8,10-11,13,17H,6,9,12H2,1-3H3,(H,24,27). The van der Waals surface area contributed by atoms with Gasteiger partial charge in [-0.2, -0.15) is 0 Å². The number of hydrogen-bond acceptors (Lipinski definition) is 4. The number of benzene rings is 1. The number of anilines is 1. The number of nitrogens with one attached hydrogen (secondary N) is 1. The second-order valence-corrected chi connectivity index (χ2v) is 7.72. The molecule has 1 N–H and O–H groups in total. The van der Waals surface area contributed by atoms with Crippen molar-refractivity contribution in [3.8, 4) is 11.1 Å². The minimum absolute atomic E-state index is 0.233. The van der Waals surface area contributed by atoms with Crippen molar-refractivity contribution in [1.82, 2.24) is 10.3 Å². The van der Waals surface area contributed by atoms with Gasteiger partial charge < -0.3 is 10.1 Å². The Hall–Kier alpha value is -2.96. The highest BCUT2D eigenvalue weighted by molar-refractivity contribution is 5.98. The molecule has 1 aliphatic heterocycles. The Labute approximate surface area is 163 Å². The van der Waals surface area contributed by atoms with E-state index in [4.69, 9.17) is 4.74 Å². The molecule has 148 valence electrons. The zero-order valence-corrected chi connectivity index (χ0v) is 16.2. The molecule has 3 rings (SSSR count). The maximum Gasteiger partial charge on any atom is 0.408 e. The van der Waals surface area contributed by atoms with E-state index < -0.39 is 17.7 Å². The van der Waals surface area contributed by atoms with E-state index in [9.17, 15) is 14.0 Å². The number of ether oxygens (including phenoxy) is 1. The fourth-order valence-electron chi connectivity index (χ4n) is 3.09. The molecule has 0 spiro atoms. The summed E-state index contributed by atoms with van der Waals surface area (Å²) in [5.41, 5.74) is 0.455. The molecular weight excluding hydrogens is 361 g/mol. The number of rotatable bonds is 3. The summed E-state index contributed by atoms with van der Waals surface area (Å²) in [4.78, 5) is 30.7. The van der Waals surface area contributed by atoms with Gasteiger partial charge in [0, 0.05) is 23.9 Å². The minimum Gasteiger partial charge on any atom is -0.444 e. The second kappa shape index (κ2) is 7.96. The van der Waals surface area contributed by atoms with E-state index in [1.807, 2.05) is 0 Å². The lowest BCUT2D eigenvalue weighted by molar-refractivity contribution is -0.121. The Morgan fingerprint density at radius 1 is 1.25 bits per heavy atom. The van der Waals surface area contributed by atoms with E-state index in [1.165, 1.54) is 11.0 Å². The van der Waals surface area contributed by atoms with Crippen LogP contribution in [0.3, 0.4) is 0 Å². The molecule has 0 radical (unpaired) electrons. The van der Waals surface area contributed by atoms with Gasteiger partial charge in [0.1, 0.15) is 23.3 Å². The number of carbonyl (C=O) groups excluding carboxylic acids is 2. The van der Waals surface area contributed by atoms with Crippen molar-refractivity contribution in [1.29, 1.82) is 0 Å². The van der Waals surface area contributed by atoms with Crippen molar-refractivity contribution >= 4 is 17.8 Å². The predicted molar refractivity (Wildman–Crippen MR) is 104 cm³/mol. The van der Waals surface area contributed by atoms with Gasteiger partial charge in [-0.15, -0.1) is 0 Å². The summed E-state index contributed by atoms with van der Waals surface area (Å²) in [6.07, 6.45) is 2.20. The van der Waals surface area contributed by atoms with Gasteiger partial charge in [-0.1, -0.05) is 18.2 Å². The molecule has 1 aromatic heterocycles. The highest BCUT2D eigenvalue weighted by atomic mass is 19.1. The number of carbonyl (C=O) groups is 2. The zero-order valence-electron chi connectivity index (χ0n) is 16.2. The molecular formula is C21H24FN3O3. The first-order chi connectivity index (χ1) is 13.2. The molecule has 0 saturated carbocycles. The van der Waals surface area contributed by atoms with Crippen molar-refractivity contribution in [3.05, 3.63) is 48.4 Å². The van der Waals surface area contributed by atoms with Crippen molar-refractivity contribution < 1.29 is 18.7 Å². The summed E-state index contributed by atoms with van der Waals surface area (Å²) in [5, 5.41) is 2.64. The Bertz CT molecular complexity index is 862. The highest BCUT2D eigenvalue weighted by Crippen LogP contribution is 2.25. The monoisotopic (exact) mass is 385 g/mol. The molecule has 1 aliphatic rings. The van der Waals surface area contributed by atoms with Crippen LogP contribution in [0.15, 0.2) is 42.6 Å². The molecule has 0 bridgehead atoms. The molecule has 1 saturated heterocycles. The number of alkyl carbamates (subject to hydrolysis) is 1. The van der Waals surface area contributed by atoms with E-state index in [-0.39, 0.29) is 11.7 Å². The van der Waals surface area contributed by atoms with Gasteiger partial charge in [-0.3, -0.25) is 9.69 Å². The molecule has 2 heterocycles. The molecule has 0 aliphatic carbocycles. The number of pyridine rings is 1. The van der Waals surface area contributed by atoms with Gasteiger partial charge in [0.05, 0.1) is 0 Å². The first-order valence-electron chi connectivity index (χ1n) is 9.26. The molecule has 1 fully saturated rings. The van der Waals surface area contributed by atoms with E-state index in [0.717, 1.165) is 6.42 Å². The SMILES string of the molecule is CC(C)(C)OC(=O)NC1CCCN(c2ccc(-c3ccccc3F)cn2)C1=O. The van der Waals surface area contributed by atoms with Crippen LogP contribution in [0.4, 0.5) is 15.0 Å². The second-order valence-electron chi connectivity index (χ2n) is 7.72. The summed E-state index contributed by atoms with van der Waals surface area (Å²) < 4.78 is 19.2. The van der Waals surface area contributed by atoms with Crippen molar-refractivity contribution in [2.24, 2.45) is 0 Å². The van der Waals surface area contributed by atoms with Gasteiger partial charge in [0.15, 0.2) is 0 Å². The lowest BCUT2D eigenvalue weighted by Gasteiger charge is -2.32. The summed E-state index contributed by atoms with van der Waals surface area (Å²) in [6.45, 7) is 5.81. The highest BCUT2D eigenvalue weighted by Gasteiger charge is 2.32. The van der Waals surface area contributed by atoms with Crippen LogP contribution in [0, 0.1) is 5.82 Å². The van der Waals surface area contributed by atoms with Gasteiger partial charge in [0.25, 0.3) is 5.91 Å². The zero-order chi connectivity index (χ0) is 20.3. The quantitative estimate of drug-likeness (QED) is 0.870. The van der Waals surface area contributed by atoms with Gasteiger partial charge in [-0.25, -0.2) is 14.2 Å². The van der Waals surface area contributed by atoms with Crippen LogP contribution < -0.4 is 10.2 Å². The Morgan fingerprint density at radius 2 is 2.00 bits per heavy atom. The predicted octanol–water partition coefficient (Wildman–Crippen LogP) is 3.91. The number of hydrogen-bond donors (Lipinski definition) is 1. The first-order valence-corrected chi connectivity index (χ1v) is 9.26. The third kappa shape index (κ3) is 4.65. The van der Waals surface area contributed by atoms with Crippen LogP contribution in [0.1, 0.15) is 33.6 Å². The maximum absolute atomic E-state index is 13.9. The molecule has 28 heavy (non-hydrogen) atoms. The van der Waals surface area contributed by atoms with Crippen molar-refractivity contribution in [2.75, 3.05) is 11.4 Å². The van der Waals surface area contributed by atoms with Crippen LogP contribution in [-0.4, -0.2) is 35.2 Å². The fourth-order valence-corrected chi connectivity index (χ4v) is 3.09. The summed E-state index contributed by atoms with van der Waals surface area (Å²) >= 11 is 0. The summed E-state index contributed by atoms with van der Waals surface area (Å²) in [5.74, 6) is -0.0863. The van der Waals surface area contributed by atoms with E-state index in [2.05, 4.69) is 10.3 Å². The normalized spacial score (nSPS) is 17.4. The summed E-state index contributed by atoms with van der Waals surface area (Å²) in [7, 11) is 0. The van der Waals surface area contributed by atoms with E-state index in [1.54, 1.807) is 57.3 Å². The molecule has 1 aromatic carbocycles. The average molecular weight is 385 g/mol. The largest absolute Gasteiger partial charge is 0.444 e. The topological polar surface area (TPSA) is 71.5 Å². The van der Waals surface area contributed by atoms with Crippen molar-refractivity contribution in [2.45, 2.75) is 45.3 Å². The molecule has 2 amide bonds. The van der Waals surface area contributed by atoms with Crippen LogP contribution in [-0.2, 0) is 9.53 Å². The minimum atomic E-state index is -0.656. The van der Waals surface area contributed by atoms with Crippen LogP contribution in [0.25, 0.3) is 11.1 Å². The number of nitrogens with zero attached hydrogens (tertiary/aromatic N) is 2. The van der Waals surface area contributed by atoms with Crippen LogP contribution in [0.5, 0.6) is 0 Å². The van der Waals surface area contributed by atoms with Crippen molar-refractivity contribution in [3.63, 3.8) is 0 Å².